The van der Waals surface area contributed by atoms with E-state index in [1.165, 1.54) is 17.7 Å². The molecule has 5 heteroatoms. The Bertz CT molecular complexity index is 411. The van der Waals surface area contributed by atoms with Gasteiger partial charge in [0.05, 0.1) is 16.5 Å². The molecular weight excluding hydrogens is 268 g/mol. The maximum Gasteiger partial charge on any atom is 0.0931 e. The van der Waals surface area contributed by atoms with Crippen LogP contribution in [0.5, 0.6) is 0 Å². The predicted molar refractivity (Wildman–Crippen MR) is 75.0 cm³/mol. The summed E-state index contributed by atoms with van der Waals surface area (Å²) in [6.45, 7) is 0.625. The van der Waals surface area contributed by atoms with Crippen molar-refractivity contribution in [1.29, 1.82) is 0 Å². The number of hydrogen-bond acceptors (Lipinski definition) is 4. The minimum atomic E-state index is -0.121. The fraction of sp³-hybridized carbons (Fsp3) is 0.692. The van der Waals surface area contributed by atoms with Crippen LogP contribution in [0.4, 0.5) is 0 Å². The number of hydrogen-bond donors (Lipinski definition) is 2. The number of aliphatic hydroxyl groups is 1. The Labute approximate surface area is 117 Å². The van der Waals surface area contributed by atoms with Gasteiger partial charge in [-0.1, -0.05) is 11.6 Å². The van der Waals surface area contributed by atoms with Crippen molar-refractivity contribution in [3.8, 4) is 0 Å². The van der Waals surface area contributed by atoms with E-state index in [1.807, 2.05) is 6.07 Å². The van der Waals surface area contributed by atoms with E-state index in [1.54, 1.807) is 11.3 Å². The van der Waals surface area contributed by atoms with Crippen molar-refractivity contribution in [1.82, 2.24) is 4.90 Å². The van der Waals surface area contributed by atoms with Crippen molar-refractivity contribution in [3.05, 3.63) is 21.3 Å². The van der Waals surface area contributed by atoms with Gasteiger partial charge in [0, 0.05) is 23.5 Å². The fourth-order valence-corrected chi connectivity index (χ4v) is 4.77. The highest BCUT2D eigenvalue weighted by atomic mass is 35.5. The van der Waals surface area contributed by atoms with Crippen molar-refractivity contribution >= 4 is 22.9 Å². The molecule has 2 fully saturated rings. The molecule has 18 heavy (non-hydrogen) atoms. The zero-order valence-electron chi connectivity index (χ0n) is 10.3. The van der Waals surface area contributed by atoms with Crippen molar-refractivity contribution in [2.75, 3.05) is 6.54 Å². The normalized spacial score (nSPS) is 33.8. The van der Waals surface area contributed by atoms with E-state index in [2.05, 4.69) is 11.0 Å². The Hall–Kier alpha value is -0.130. The van der Waals surface area contributed by atoms with Gasteiger partial charge >= 0.3 is 0 Å². The monoisotopic (exact) mass is 286 g/mol. The predicted octanol–water partition coefficient (Wildman–Crippen LogP) is 2.39. The van der Waals surface area contributed by atoms with Crippen molar-refractivity contribution in [2.24, 2.45) is 5.73 Å². The minimum Gasteiger partial charge on any atom is -0.393 e. The van der Waals surface area contributed by atoms with Gasteiger partial charge in [-0.05, 0) is 37.8 Å². The second-order valence-electron chi connectivity index (χ2n) is 5.35. The molecule has 2 saturated heterocycles. The van der Waals surface area contributed by atoms with Crippen LogP contribution in [0.15, 0.2) is 12.1 Å². The molecule has 0 aromatic carbocycles. The lowest BCUT2D eigenvalue weighted by molar-refractivity contribution is 0.0124. The second kappa shape index (κ2) is 5.10. The molecule has 3 rings (SSSR count). The first-order valence-corrected chi connectivity index (χ1v) is 7.79. The summed E-state index contributed by atoms with van der Waals surface area (Å²) in [5.41, 5.74) is 5.99. The number of rotatable bonds is 3. The third-order valence-electron chi connectivity index (χ3n) is 4.27. The van der Waals surface area contributed by atoms with Crippen LogP contribution < -0.4 is 5.73 Å². The smallest absolute Gasteiger partial charge is 0.0931 e. The summed E-state index contributed by atoms with van der Waals surface area (Å²) in [5.74, 6) is 0. The molecular formula is C13H19ClN2OS. The minimum absolute atomic E-state index is 0.121. The standard InChI is InChI=1S/C13H19ClN2OS/c14-13-4-3-12(18-13)11(7-15)16-8-1-2-9(16)6-10(17)5-8/h3-4,8-11,17H,1-2,5-7,15H2. The first kappa shape index (κ1) is 12.9. The molecule has 3 atom stereocenters. The Balaban J connectivity index is 1.84. The summed E-state index contributed by atoms with van der Waals surface area (Å²) in [6.07, 6.45) is 4.05. The molecule has 3 unspecified atom stereocenters. The van der Waals surface area contributed by atoms with Crippen LogP contribution in [0.3, 0.4) is 0 Å². The lowest BCUT2D eigenvalue weighted by Gasteiger charge is -2.41. The highest BCUT2D eigenvalue weighted by molar-refractivity contribution is 7.16. The molecule has 0 amide bonds. The van der Waals surface area contributed by atoms with E-state index < -0.39 is 0 Å². The molecule has 100 valence electrons. The number of thiophene rings is 1. The van der Waals surface area contributed by atoms with E-state index in [9.17, 15) is 5.11 Å². The lowest BCUT2D eigenvalue weighted by Crippen LogP contribution is -2.48. The van der Waals surface area contributed by atoms with Crippen LogP contribution in [0.25, 0.3) is 0 Å². The van der Waals surface area contributed by atoms with Crippen LogP contribution in [-0.2, 0) is 0 Å². The van der Waals surface area contributed by atoms with E-state index in [0.29, 0.717) is 18.6 Å². The molecule has 2 bridgehead atoms. The molecule has 3 heterocycles. The second-order valence-corrected chi connectivity index (χ2v) is 7.10. The lowest BCUT2D eigenvalue weighted by atomic mass is 9.97. The molecule has 3 nitrogen and oxygen atoms in total. The largest absolute Gasteiger partial charge is 0.393 e. The molecule has 0 radical (unpaired) electrons. The van der Waals surface area contributed by atoms with Gasteiger partial charge < -0.3 is 10.8 Å². The maximum atomic E-state index is 9.86. The molecule has 1 aromatic rings. The molecule has 2 aliphatic heterocycles. The third kappa shape index (κ3) is 2.21. The molecule has 3 N–H and O–H groups in total. The highest BCUT2D eigenvalue weighted by Gasteiger charge is 2.43. The van der Waals surface area contributed by atoms with Crippen LogP contribution in [-0.4, -0.2) is 34.7 Å². The number of nitrogens with zero attached hydrogens (tertiary/aromatic N) is 1. The van der Waals surface area contributed by atoms with Gasteiger partial charge in [-0.2, -0.15) is 0 Å². The van der Waals surface area contributed by atoms with Gasteiger partial charge in [-0.15, -0.1) is 11.3 Å². The van der Waals surface area contributed by atoms with E-state index in [-0.39, 0.29) is 12.1 Å². The fourth-order valence-electron chi connectivity index (χ4n) is 3.59. The van der Waals surface area contributed by atoms with E-state index >= 15 is 0 Å². The molecule has 0 saturated carbocycles. The van der Waals surface area contributed by atoms with Crippen LogP contribution in [0.1, 0.15) is 36.6 Å². The van der Waals surface area contributed by atoms with Crippen LogP contribution in [0.2, 0.25) is 4.34 Å². The summed E-state index contributed by atoms with van der Waals surface area (Å²) >= 11 is 7.66. The zero-order chi connectivity index (χ0) is 12.7. The zero-order valence-corrected chi connectivity index (χ0v) is 11.8. The van der Waals surface area contributed by atoms with E-state index in [4.69, 9.17) is 17.3 Å². The molecule has 1 aromatic heterocycles. The maximum absolute atomic E-state index is 9.86. The number of aliphatic hydroxyl groups excluding tert-OH is 1. The van der Waals surface area contributed by atoms with E-state index in [0.717, 1.165) is 17.2 Å². The summed E-state index contributed by atoms with van der Waals surface area (Å²) in [5, 5.41) is 9.86. The number of piperidine rings is 1. The van der Waals surface area contributed by atoms with Crippen molar-refractivity contribution in [2.45, 2.75) is 49.9 Å². The number of nitrogens with two attached hydrogens (primary N) is 1. The van der Waals surface area contributed by atoms with Gasteiger partial charge in [0.1, 0.15) is 0 Å². The van der Waals surface area contributed by atoms with Crippen molar-refractivity contribution < 1.29 is 5.11 Å². The Morgan fingerprint density at radius 2 is 2.06 bits per heavy atom. The van der Waals surface area contributed by atoms with Crippen molar-refractivity contribution in [3.63, 3.8) is 0 Å². The van der Waals surface area contributed by atoms with Gasteiger partial charge in [0.25, 0.3) is 0 Å². The summed E-state index contributed by atoms with van der Waals surface area (Å²) in [6, 6.07) is 5.30. The Morgan fingerprint density at radius 3 is 2.56 bits per heavy atom. The average Bonchev–Trinajstić information content (AvgIpc) is 2.85. The first-order valence-electron chi connectivity index (χ1n) is 6.60. The average molecular weight is 287 g/mol. The Kier molecular flexibility index (Phi) is 3.65. The summed E-state index contributed by atoms with van der Waals surface area (Å²) in [7, 11) is 0. The Morgan fingerprint density at radius 1 is 1.39 bits per heavy atom. The summed E-state index contributed by atoms with van der Waals surface area (Å²) in [4.78, 5) is 3.80. The third-order valence-corrected chi connectivity index (χ3v) is 5.60. The van der Waals surface area contributed by atoms with Crippen LogP contribution in [0, 0.1) is 0 Å². The SMILES string of the molecule is NCC(c1ccc(Cl)s1)N1C2CCC1CC(O)C2. The molecule has 2 aliphatic rings. The number of halogens is 1. The molecule has 0 spiro atoms. The topological polar surface area (TPSA) is 49.5 Å². The summed E-state index contributed by atoms with van der Waals surface area (Å²) < 4.78 is 0.827. The van der Waals surface area contributed by atoms with Gasteiger partial charge in [0.2, 0.25) is 0 Å². The number of fused-ring (bicyclic) bond motifs is 2. The van der Waals surface area contributed by atoms with Crippen LogP contribution >= 0.6 is 22.9 Å². The van der Waals surface area contributed by atoms with Gasteiger partial charge in [-0.3, -0.25) is 4.90 Å². The molecule has 0 aliphatic carbocycles. The van der Waals surface area contributed by atoms with Gasteiger partial charge in [0.15, 0.2) is 0 Å². The highest BCUT2D eigenvalue weighted by Crippen LogP contribution is 2.42. The first-order chi connectivity index (χ1) is 8.69. The quantitative estimate of drug-likeness (QED) is 0.897. The van der Waals surface area contributed by atoms with Gasteiger partial charge in [-0.25, -0.2) is 0 Å².